The first kappa shape index (κ1) is 12.6. The van der Waals surface area contributed by atoms with Crippen molar-refractivity contribution in [3.05, 3.63) is 24.8 Å². The smallest absolute Gasteiger partial charge is 0.871 e. The van der Waals surface area contributed by atoms with E-state index < -0.39 is 0 Å². The largest absolute Gasteiger partial charge is 1.00 e. The van der Waals surface area contributed by atoms with Gasteiger partial charge in [0.2, 0.25) is 0 Å². The normalized spacial score (nSPS) is 8.42. The SMILES string of the molecule is N#Cc1cc(I)c([O-])c(I)c1.[Li+]. The summed E-state index contributed by atoms with van der Waals surface area (Å²) < 4.78 is 1.21. The van der Waals surface area contributed by atoms with Crippen LogP contribution in [0, 0.1) is 18.5 Å². The van der Waals surface area contributed by atoms with E-state index in [-0.39, 0.29) is 24.6 Å². The van der Waals surface area contributed by atoms with Crippen LogP contribution in [0.15, 0.2) is 12.1 Å². The predicted molar refractivity (Wildman–Crippen MR) is 56.0 cm³/mol. The Bertz CT molecular complexity index is 312. The van der Waals surface area contributed by atoms with Gasteiger partial charge in [0, 0.05) is 7.14 Å². The zero-order valence-corrected chi connectivity index (χ0v) is 10.6. The molecular weight excluding hydrogens is 375 g/mol. The van der Waals surface area contributed by atoms with Crippen LogP contribution < -0.4 is 24.0 Å². The van der Waals surface area contributed by atoms with Gasteiger partial charge in [-0.25, -0.2) is 0 Å². The second-order valence-corrected chi connectivity index (χ2v) is 4.21. The van der Waals surface area contributed by atoms with Crippen molar-refractivity contribution in [1.82, 2.24) is 0 Å². The van der Waals surface area contributed by atoms with E-state index in [1.54, 1.807) is 12.1 Å². The van der Waals surface area contributed by atoms with Crippen molar-refractivity contribution < 1.29 is 24.0 Å². The summed E-state index contributed by atoms with van der Waals surface area (Å²) in [6.45, 7) is 0. The molecule has 0 aliphatic rings. The molecule has 1 aromatic rings. The first-order valence-corrected chi connectivity index (χ1v) is 4.87. The standard InChI is InChI=1S/C7H3I2NO.Li/c8-5-1-4(3-10)2-6(9)7(5)11;/h1-2,11H;/q;+1/p-1. The quantitative estimate of drug-likeness (QED) is 0.424. The molecule has 5 heteroatoms. The second kappa shape index (κ2) is 5.33. The van der Waals surface area contributed by atoms with Crippen molar-refractivity contribution in [3.63, 3.8) is 0 Å². The van der Waals surface area contributed by atoms with Gasteiger partial charge in [0.15, 0.2) is 0 Å². The summed E-state index contributed by atoms with van der Waals surface area (Å²) in [5.41, 5.74) is 0.540. The number of benzene rings is 1. The van der Waals surface area contributed by atoms with E-state index in [1.165, 1.54) is 0 Å². The summed E-state index contributed by atoms with van der Waals surface area (Å²) in [5, 5.41) is 19.6. The van der Waals surface area contributed by atoms with Crippen LogP contribution in [0.5, 0.6) is 5.75 Å². The molecule has 0 aromatic heterocycles. The van der Waals surface area contributed by atoms with Crippen molar-refractivity contribution in [2.24, 2.45) is 0 Å². The summed E-state index contributed by atoms with van der Waals surface area (Å²) in [6, 6.07) is 5.16. The average Bonchev–Trinajstić information content (AvgIpc) is 1.99. The molecule has 0 saturated heterocycles. The molecule has 0 unspecified atom stereocenters. The number of hydrogen-bond donors (Lipinski definition) is 0. The van der Waals surface area contributed by atoms with Crippen molar-refractivity contribution in [3.8, 4) is 11.8 Å². The van der Waals surface area contributed by atoms with Crippen LogP contribution >= 0.6 is 45.2 Å². The summed E-state index contributed by atoms with van der Waals surface area (Å²) in [6.07, 6.45) is 0. The fraction of sp³-hybridized carbons (Fsp3) is 0. The minimum absolute atomic E-state index is 0. The van der Waals surface area contributed by atoms with Crippen molar-refractivity contribution >= 4 is 45.2 Å². The second-order valence-electron chi connectivity index (χ2n) is 1.88. The Morgan fingerprint density at radius 2 is 1.67 bits per heavy atom. The molecule has 1 rings (SSSR count). The van der Waals surface area contributed by atoms with Crippen LogP contribution in [0.4, 0.5) is 0 Å². The van der Waals surface area contributed by atoms with E-state index in [9.17, 15) is 5.11 Å². The zero-order chi connectivity index (χ0) is 8.43. The Hall–Kier alpha value is 0.567. The molecule has 0 radical (unpaired) electrons. The van der Waals surface area contributed by atoms with Gasteiger partial charge in [-0.1, -0.05) is 5.75 Å². The molecule has 0 N–H and O–H groups in total. The molecule has 0 bridgehead atoms. The molecule has 1 aromatic carbocycles. The summed E-state index contributed by atoms with van der Waals surface area (Å²) in [5.74, 6) is 0.00481. The Labute approximate surface area is 110 Å². The van der Waals surface area contributed by atoms with E-state index in [1.807, 2.05) is 51.3 Å². The third-order valence-electron chi connectivity index (χ3n) is 1.13. The van der Waals surface area contributed by atoms with E-state index in [0.29, 0.717) is 12.7 Å². The minimum Gasteiger partial charge on any atom is -0.871 e. The molecule has 0 amide bonds. The zero-order valence-electron chi connectivity index (χ0n) is 6.27. The Morgan fingerprint density at radius 1 is 1.25 bits per heavy atom. The van der Waals surface area contributed by atoms with Crippen LogP contribution in [0.1, 0.15) is 5.56 Å². The first-order valence-electron chi connectivity index (χ1n) is 2.71. The van der Waals surface area contributed by atoms with Gasteiger partial charge in [0.25, 0.3) is 0 Å². The maximum atomic E-state index is 11.1. The molecule has 56 valence electrons. The first-order chi connectivity index (χ1) is 5.15. The number of halogens is 2. The molecule has 0 saturated carbocycles. The van der Waals surface area contributed by atoms with Crippen LogP contribution in [0.25, 0.3) is 0 Å². The number of nitrogens with zero attached hydrogens (tertiary/aromatic N) is 1. The maximum absolute atomic E-state index is 11.1. The molecule has 0 aliphatic heterocycles. The van der Waals surface area contributed by atoms with Crippen LogP contribution in [0.3, 0.4) is 0 Å². The maximum Gasteiger partial charge on any atom is 1.00 e. The van der Waals surface area contributed by atoms with Gasteiger partial charge in [0.1, 0.15) is 0 Å². The number of hydrogen-bond acceptors (Lipinski definition) is 2. The Kier molecular flexibility index (Phi) is 5.58. The van der Waals surface area contributed by atoms with Crippen molar-refractivity contribution in [2.45, 2.75) is 0 Å². The van der Waals surface area contributed by atoms with Crippen LogP contribution in [-0.4, -0.2) is 0 Å². The topological polar surface area (TPSA) is 46.8 Å². The monoisotopic (exact) mass is 377 g/mol. The van der Waals surface area contributed by atoms with Gasteiger partial charge in [-0.3, -0.25) is 0 Å². The van der Waals surface area contributed by atoms with E-state index in [0.717, 1.165) is 0 Å². The molecule has 0 spiro atoms. The van der Waals surface area contributed by atoms with Crippen LogP contribution in [0.2, 0.25) is 0 Å². The third-order valence-corrected chi connectivity index (χ3v) is 2.73. The van der Waals surface area contributed by atoms with E-state index in [2.05, 4.69) is 0 Å². The van der Waals surface area contributed by atoms with Gasteiger partial charge >= 0.3 is 18.9 Å². The van der Waals surface area contributed by atoms with E-state index >= 15 is 0 Å². The van der Waals surface area contributed by atoms with Crippen molar-refractivity contribution in [2.75, 3.05) is 0 Å². The van der Waals surface area contributed by atoms with Crippen molar-refractivity contribution in [1.29, 1.82) is 5.26 Å². The van der Waals surface area contributed by atoms with Gasteiger partial charge in [-0.2, -0.15) is 5.26 Å². The molecular formula is C7H2I2LiNO. The summed E-state index contributed by atoms with van der Waals surface area (Å²) >= 11 is 3.86. The fourth-order valence-electron chi connectivity index (χ4n) is 0.624. The molecule has 2 nitrogen and oxygen atoms in total. The molecule has 12 heavy (non-hydrogen) atoms. The van der Waals surface area contributed by atoms with Gasteiger partial charge in [-0.15, -0.1) is 0 Å². The van der Waals surface area contributed by atoms with Gasteiger partial charge in [-0.05, 0) is 57.3 Å². The van der Waals surface area contributed by atoms with Gasteiger partial charge in [0.05, 0.1) is 11.6 Å². The molecule has 0 atom stereocenters. The average molecular weight is 377 g/mol. The molecule has 0 fully saturated rings. The summed E-state index contributed by atoms with van der Waals surface area (Å²) in [4.78, 5) is 0. The van der Waals surface area contributed by atoms with E-state index in [4.69, 9.17) is 5.26 Å². The number of rotatable bonds is 0. The summed E-state index contributed by atoms with van der Waals surface area (Å²) in [7, 11) is 0. The Balaban J connectivity index is 0.00000121. The number of nitriles is 1. The van der Waals surface area contributed by atoms with Gasteiger partial charge < -0.3 is 5.11 Å². The minimum atomic E-state index is 0. The van der Waals surface area contributed by atoms with Crippen LogP contribution in [-0.2, 0) is 0 Å². The fourth-order valence-corrected chi connectivity index (χ4v) is 2.39. The molecule has 0 aliphatic carbocycles. The Morgan fingerprint density at radius 3 is 2.00 bits per heavy atom. The predicted octanol–water partition coefficient (Wildman–Crippen LogP) is -1.15. The molecule has 0 heterocycles. The third kappa shape index (κ3) is 2.81.